The van der Waals surface area contributed by atoms with Crippen molar-refractivity contribution in [1.29, 1.82) is 0 Å². The van der Waals surface area contributed by atoms with Gasteiger partial charge in [0.2, 0.25) is 0 Å². The lowest BCUT2D eigenvalue weighted by Gasteiger charge is -2.40. The number of nitrogens with zero attached hydrogens (tertiary/aromatic N) is 3. The van der Waals surface area contributed by atoms with Crippen molar-refractivity contribution in [2.75, 3.05) is 30.1 Å². The van der Waals surface area contributed by atoms with E-state index in [-0.39, 0.29) is 41.2 Å². The normalized spacial score (nSPS) is 15.7. The number of hydrogen-bond acceptors (Lipinski definition) is 6. The highest BCUT2D eigenvalue weighted by Gasteiger charge is 2.30. The number of nitrogens with one attached hydrogen (secondary N) is 1. The Morgan fingerprint density at radius 1 is 0.935 bits per heavy atom. The molecule has 236 valence electrons. The highest BCUT2D eigenvalue weighted by atomic mass is 32.2. The van der Waals surface area contributed by atoms with Crippen molar-refractivity contribution in [1.82, 2.24) is 14.8 Å². The van der Waals surface area contributed by atoms with Crippen molar-refractivity contribution in [3.05, 3.63) is 120 Å². The lowest BCUT2D eigenvalue weighted by Crippen LogP contribution is -2.53. The van der Waals surface area contributed by atoms with Gasteiger partial charge < -0.3 is 10.6 Å². The summed E-state index contributed by atoms with van der Waals surface area (Å²) in [5.41, 5.74) is 8.38. The first-order valence-corrected chi connectivity index (χ1v) is 16.0. The van der Waals surface area contributed by atoms with E-state index in [0.717, 1.165) is 17.5 Å². The molecular formula is C34H30F3N5O3S. The maximum Gasteiger partial charge on any atom is 0.262 e. The van der Waals surface area contributed by atoms with Crippen molar-refractivity contribution >= 4 is 38.2 Å². The Hall–Kier alpha value is -4.94. The van der Waals surface area contributed by atoms with Crippen LogP contribution in [0.15, 0.2) is 96.0 Å². The Bertz CT molecular complexity index is 2050. The number of aromatic nitrogens is 1. The maximum absolute atomic E-state index is 14.2. The van der Waals surface area contributed by atoms with Gasteiger partial charge in [0, 0.05) is 77.4 Å². The summed E-state index contributed by atoms with van der Waals surface area (Å²) >= 11 is 0. The van der Waals surface area contributed by atoms with Crippen molar-refractivity contribution in [3.8, 4) is 11.1 Å². The summed E-state index contributed by atoms with van der Waals surface area (Å²) in [5.74, 6) is -3.41. The zero-order chi connectivity index (χ0) is 32.6. The van der Waals surface area contributed by atoms with E-state index < -0.39 is 27.5 Å². The molecule has 1 fully saturated rings. The standard InChI is InChI=1S/C34H30F3N5O3S/c1-21-19-41(20-28-29(35)12-13-30(36)32(28)37)16-17-42(21)34(43)23-7-10-25(11-8-23)40-46(44,45)31-14-9-24(38)18-27(31)26-6-2-4-22-5-3-15-39-33(22)26/h2-15,18,21,40H,16-17,19-20,38H2,1H3/t21-/m1/s1. The van der Waals surface area contributed by atoms with Crippen LogP contribution in [0, 0.1) is 17.5 Å². The third-order valence-electron chi connectivity index (χ3n) is 8.09. The van der Waals surface area contributed by atoms with Crippen LogP contribution in [0.1, 0.15) is 22.8 Å². The summed E-state index contributed by atoms with van der Waals surface area (Å²) < 4.78 is 71.9. The number of sulfonamides is 1. The molecule has 0 saturated carbocycles. The molecular weight excluding hydrogens is 615 g/mol. The number of anilines is 2. The molecule has 3 N–H and O–H groups in total. The van der Waals surface area contributed by atoms with E-state index in [2.05, 4.69) is 9.71 Å². The minimum absolute atomic E-state index is 0.0182. The van der Waals surface area contributed by atoms with E-state index in [1.54, 1.807) is 34.2 Å². The minimum atomic E-state index is -4.09. The van der Waals surface area contributed by atoms with E-state index in [1.807, 2.05) is 25.1 Å². The van der Waals surface area contributed by atoms with Gasteiger partial charge >= 0.3 is 0 Å². The van der Waals surface area contributed by atoms with E-state index in [4.69, 9.17) is 5.73 Å². The van der Waals surface area contributed by atoms with Crippen LogP contribution in [0.4, 0.5) is 24.5 Å². The number of nitrogen functional groups attached to an aromatic ring is 1. The zero-order valence-electron chi connectivity index (χ0n) is 24.8. The molecule has 0 aliphatic carbocycles. The predicted molar refractivity (Wildman–Crippen MR) is 171 cm³/mol. The third kappa shape index (κ3) is 6.13. The van der Waals surface area contributed by atoms with Gasteiger partial charge in [0.25, 0.3) is 15.9 Å². The Balaban J connectivity index is 1.17. The molecule has 1 amide bonds. The minimum Gasteiger partial charge on any atom is -0.399 e. The van der Waals surface area contributed by atoms with E-state index in [0.29, 0.717) is 41.0 Å². The number of piperazine rings is 1. The first-order valence-electron chi connectivity index (χ1n) is 14.5. The van der Waals surface area contributed by atoms with Gasteiger partial charge in [0.15, 0.2) is 11.6 Å². The Kier molecular flexibility index (Phi) is 8.41. The maximum atomic E-state index is 14.2. The first kappa shape index (κ1) is 31.1. The second-order valence-electron chi connectivity index (χ2n) is 11.2. The van der Waals surface area contributed by atoms with Crippen molar-refractivity contribution < 1.29 is 26.4 Å². The number of carbonyl (C=O) groups is 1. The van der Waals surface area contributed by atoms with Gasteiger partial charge in [-0.05, 0) is 67.6 Å². The molecule has 1 atom stereocenters. The molecule has 5 aromatic rings. The number of pyridine rings is 1. The largest absolute Gasteiger partial charge is 0.399 e. The van der Waals surface area contributed by atoms with Crippen LogP contribution in [-0.4, -0.2) is 54.8 Å². The summed E-state index contributed by atoms with van der Waals surface area (Å²) in [5, 5.41) is 0.851. The third-order valence-corrected chi connectivity index (χ3v) is 9.53. The number of para-hydroxylation sites is 1. The molecule has 1 saturated heterocycles. The van der Waals surface area contributed by atoms with Crippen LogP contribution in [0.2, 0.25) is 0 Å². The lowest BCUT2D eigenvalue weighted by atomic mass is 10.0. The molecule has 8 nitrogen and oxygen atoms in total. The number of amides is 1. The molecule has 2 heterocycles. The van der Waals surface area contributed by atoms with Gasteiger partial charge in [-0.25, -0.2) is 21.6 Å². The molecule has 6 rings (SSSR count). The Morgan fingerprint density at radius 3 is 2.43 bits per heavy atom. The van der Waals surface area contributed by atoms with Crippen molar-refractivity contribution in [3.63, 3.8) is 0 Å². The summed E-state index contributed by atoms with van der Waals surface area (Å²) in [6.45, 7) is 2.65. The molecule has 0 spiro atoms. The highest BCUT2D eigenvalue weighted by molar-refractivity contribution is 7.92. The van der Waals surface area contributed by atoms with Crippen LogP contribution < -0.4 is 10.5 Å². The van der Waals surface area contributed by atoms with Crippen molar-refractivity contribution in [2.45, 2.75) is 24.4 Å². The van der Waals surface area contributed by atoms with Gasteiger partial charge in [-0.1, -0.05) is 24.3 Å². The number of halogens is 3. The van der Waals surface area contributed by atoms with Gasteiger partial charge in [0.05, 0.1) is 10.4 Å². The summed E-state index contributed by atoms with van der Waals surface area (Å²) in [6.07, 6.45) is 1.64. The SMILES string of the molecule is C[C@@H]1CN(Cc2c(F)ccc(F)c2F)CCN1C(=O)c1ccc(NS(=O)(=O)c2ccc(N)cc2-c2cccc3cccnc23)cc1. The second-order valence-corrected chi connectivity index (χ2v) is 12.9. The molecule has 12 heteroatoms. The van der Waals surface area contributed by atoms with Crippen LogP contribution in [0.3, 0.4) is 0 Å². The quantitative estimate of drug-likeness (QED) is 0.165. The number of fused-ring (bicyclic) bond motifs is 1. The van der Waals surface area contributed by atoms with Gasteiger partial charge in [-0.3, -0.25) is 19.4 Å². The Labute approximate surface area is 264 Å². The molecule has 1 aliphatic rings. The lowest BCUT2D eigenvalue weighted by molar-refractivity contribution is 0.0470. The second kappa shape index (κ2) is 12.5. The van der Waals surface area contributed by atoms with Gasteiger partial charge in [0.1, 0.15) is 5.82 Å². The number of nitrogens with two attached hydrogens (primary N) is 1. The van der Waals surface area contributed by atoms with E-state index >= 15 is 0 Å². The van der Waals surface area contributed by atoms with Crippen LogP contribution >= 0.6 is 0 Å². The molecule has 0 bridgehead atoms. The monoisotopic (exact) mass is 645 g/mol. The first-order chi connectivity index (χ1) is 22.0. The Morgan fingerprint density at radius 2 is 1.67 bits per heavy atom. The van der Waals surface area contributed by atoms with Crippen LogP contribution in [0.5, 0.6) is 0 Å². The zero-order valence-corrected chi connectivity index (χ0v) is 25.6. The number of rotatable bonds is 7. The van der Waals surface area contributed by atoms with Gasteiger partial charge in [-0.15, -0.1) is 0 Å². The molecule has 46 heavy (non-hydrogen) atoms. The van der Waals surface area contributed by atoms with E-state index in [9.17, 15) is 26.4 Å². The fourth-order valence-electron chi connectivity index (χ4n) is 5.79. The van der Waals surface area contributed by atoms with Crippen LogP contribution in [-0.2, 0) is 16.6 Å². The number of benzene rings is 4. The summed E-state index contributed by atoms with van der Waals surface area (Å²) in [6, 6.07) is 21.2. The molecule has 4 aromatic carbocycles. The summed E-state index contributed by atoms with van der Waals surface area (Å²) in [4.78, 5) is 21.3. The molecule has 1 aromatic heterocycles. The molecule has 0 unspecified atom stereocenters. The van der Waals surface area contributed by atoms with Crippen molar-refractivity contribution in [2.24, 2.45) is 0 Å². The van der Waals surface area contributed by atoms with Crippen LogP contribution in [0.25, 0.3) is 22.0 Å². The number of hydrogen-bond donors (Lipinski definition) is 2. The fourth-order valence-corrected chi connectivity index (χ4v) is 7.05. The molecule has 1 aliphatic heterocycles. The smallest absolute Gasteiger partial charge is 0.262 e. The fraction of sp³-hybridized carbons (Fsp3) is 0.176. The van der Waals surface area contributed by atoms with Gasteiger partial charge in [-0.2, -0.15) is 0 Å². The predicted octanol–water partition coefficient (Wildman–Crippen LogP) is 6.05. The average Bonchev–Trinajstić information content (AvgIpc) is 3.04. The summed E-state index contributed by atoms with van der Waals surface area (Å²) in [7, 11) is -4.09. The average molecular weight is 646 g/mol. The topological polar surface area (TPSA) is 109 Å². The number of carbonyl (C=O) groups excluding carboxylic acids is 1. The molecule has 0 radical (unpaired) electrons. The van der Waals surface area contributed by atoms with E-state index in [1.165, 1.54) is 36.4 Å². The highest BCUT2D eigenvalue weighted by Crippen LogP contribution is 2.34.